The van der Waals surface area contributed by atoms with Crippen LogP contribution in [0.4, 0.5) is 4.39 Å². The molecule has 0 heterocycles. The third-order valence-electron chi connectivity index (χ3n) is 3.92. The van der Waals surface area contributed by atoms with E-state index in [2.05, 4.69) is 5.32 Å². The maximum absolute atomic E-state index is 13.2. The molecule has 0 radical (unpaired) electrons. The van der Waals surface area contributed by atoms with Gasteiger partial charge in [0.25, 0.3) is 0 Å². The van der Waals surface area contributed by atoms with Gasteiger partial charge in [-0.2, -0.15) is 0 Å². The van der Waals surface area contributed by atoms with Crippen molar-refractivity contribution in [1.82, 2.24) is 5.32 Å². The molecule has 8 heteroatoms. The second kappa shape index (κ2) is 6.95. The topological polar surface area (TPSA) is 104 Å². The quantitative estimate of drug-likeness (QED) is 0.755. The average Bonchev–Trinajstić information content (AvgIpc) is 2.87. The van der Waals surface area contributed by atoms with Crippen LogP contribution < -0.4 is 5.32 Å². The van der Waals surface area contributed by atoms with Crippen molar-refractivity contribution in [3.63, 3.8) is 0 Å². The van der Waals surface area contributed by atoms with Crippen LogP contribution in [0.5, 0.6) is 0 Å². The monoisotopic (exact) mass is 343 g/mol. The number of carboxylic acid groups (broad SMARTS) is 2. The molecule has 1 aromatic carbocycles. The highest BCUT2D eigenvalue weighted by molar-refractivity contribution is 6.31. The Labute approximate surface area is 136 Å². The van der Waals surface area contributed by atoms with Gasteiger partial charge in [0, 0.05) is 11.1 Å². The smallest absolute Gasteiger partial charge is 0.307 e. The molecule has 23 heavy (non-hydrogen) atoms. The van der Waals surface area contributed by atoms with Crippen LogP contribution in [0.15, 0.2) is 18.2 Å². The minimum Gasteiger partial charge on any atom is -0.481 e. The summed E-state index contributed by atoms with van der Waals surface area (Å²) in [5, 5.41) is 20.9. The molecule has 2 rings (SSSR count). The fraction of sp³-hybridized carbons (Fsp3) is 0.400. The minimum absolute atomic E-state index is 0.0505. The Morgan fingerprint density at radius 2 is 1.74 bits per heavy atom. The van der Waals surface area contributed by atoms with Gasteiger partial charge in [-0.25, -0.2) is 4.39 Å². The van der Waals surface area contributed by atoms with Crippen LogP contribution in [-0.4, -0.2) is 34.1 Å². The second-order valence-electron chi connectivity index (χ2n) is 5.54. The summed E-state index contributed by atoms with van der Waals surface area (Å²) in [5.74, 6) is -5.43. The molecule has 1 aliphatic carbocycles. The molecule has 0 unspecified atom stereocenters. The van der Waals surface area contributed by atoms with Crippen LogP contribution in [0.1, 0.15) is 18.4 Å². The Morgan fingerprint density at radius 1 is 1.17 bits per heavy atom. The van der Waals surface area contributed by atoms with Gasteiger partial charge in [-0.1, -0.05) is 11.6 Å². The Kier molecular flexibility index (Phi) is 5.20. The van der Waals surface area contributed by atoms with E-state index in [1.807, 2.05) is 0 Å². The summed E-state index contributed by atoms with van der Waals surface area (Å²) in [7, 11) is 0. The molecular formula is C15H15ClFNO5. The fourth-order valence-corrected chi connectivity index (χ4v) is 3.02. The van der Waals surface area contributed by atoms with E-state index in [1.165, 1.54) is 12.1 Å². The van der Waals surface area contributed by atoms with E-state index >= 15 is 0 Å². The first-order valence-corrected chi connectivity index (χ1v) is 7.34. The molecule has 0 saturated heterocycles. The molecular weight excluding hydrogens is 329 g/mol. The van der Waals surface area contributed by atoms with Gasteiger partial charge >= 0.3 is 11.9 Å². The van der Waals surface area contributed by atoms with E-state index in [0.29, 0.717) is 5.56 Å². The molecule has 0 bridgehead atoms. The largest absolute Gasteiger partial charge is 0.481 e. The Hall–Kier alpha value is -2.15. The summed E-state index contributed by atoms with van der Waals surface area (Å²) in [4.78, 5) is 34.2. The van der Waals surface area contributed by atoms with Gasteiger partial charge in [0.2, 0.25) is 5.91 Å². The van der Waals surface area contributed by atoms with Crippen LogP contribution in [0.25, 0.3) is 0 Å². The number of rotatable bonds is 5. The molecule has 1 aliphatic rings. The summed E-state index contributed by atoms with van der Waals surface area (Å²) >= 11 is 5.88. The molecule has 0 spiro atoms. The number of hydrogen-bond acceptors (Lipinski definition) is 3. The Balaban J connectivity index is 1.99. The van der Waals surface area contributed by atoms with Gasteiger partial charge in [-0.15, -0.1) is 0 Å². The van der Waals surface area contributed by atoms with Crippen LogP contribution in [0.2, 0.25) is 5.02 Å². The third-order valence-corrected chi connectivity index (χ3v) is 4.29. The number of carbonyl (C=O) groups is 3. The second-order valence-corrected chi connectivity index (χ2v) is 5.95. The van der Waals surface area contributed by atoms with Crippen molar-refractivity contribution >= 4 is 29.4 Å². The molecule has 0 aliphatic heterocycles. The lowest BCUT2D eigenvalue weighted by Crippen LogP contribution is -2.34. The van der Waals surface area contributed by atoms with Gasteiger partial charge in [-0.3, -0.25) is 14.4 Å². The number of aliphatic carboxylic acids is 2. The lowest BCUT2D eigenvalue weighted by Gasteiger charge is -2.13. The zero-order valence-electron chi connectivity index (χ0n) is 12.0. The molecule has 6 nitrogen and oxygen atoms in total. The van der Waals surface area contributed by atoms with E-state index < -0.39 is 41.5 Å². The number of hydrogen-bond donors (Lipinski definition) is 3. The van der Waals surface area contributed by atoms with Crippen LogP contribution >= 0.6 is 11.6 Å². The predicted octanol–water partition coefficient (Wildman–Crippen LogP) is 1.70. The molecule has 3 N–H and O–H groups in total. The lowest BCUT2D eigenvalue weighted by atomic mass is 9.97. The average molecular weight is 344 g/mol. The first kappa shape index (κ1) is 17.2. The van der Waals surface area contributed by atoms with Crippen molar-refractivity contribution < 1.29 is 29.0 Å². The van der Waals surface area contributed by atoms with E-state index in [9.17, 15) is 18.8 Å². The zero-order chi connectivity index (χ0) is 17.1. The van der Waals surface area contributed by atoms with Crippen molar-refractivity contribution in [3.05, 3.63) is 34.6 Å². The number of halogens is 2. The zero-order valence-corrected chi connectivity index (χ0v) is 12.7. The minimum atomic E-state index is -1.19. The summed E-state index contributed by atoms with van der Waals surface area (Å²) in [6.07, 6.45) is -0.0631. The number of carbonyl (C=O) groups excluding carboxylic acids is 1. The van der Waals surface area contributed by atoms with E-state index in [1.54, 1.807) is 0 Å². The van der Waals surface area contributed by atoms with Gasteiger partial charge < -0.3 is 15.5 Å². The van der Waals surface area contributed by atoms with Crippen molar-refractivity contribution in [2.45, 2.75) is 25.3 Å². The molecule has 1 amide bonds. The number of amides is 1. The SMILES string of the molecule is O=C(Cc1cc(F)ccc1Cl)NC1C[C@@H](C(=O)O)[C@H](C(=O)O)C1. The van der Waals surface area contributed by atoms with Crippen LogP contribution in [-0.2, 0) is 20.8 Å². The normalized spacial score (nSPS) is 21.1. The highest BCUT2D eigenvalue weighted by atomic mass is 35.5. The maximum atomic E-state index is 13.2. The fourth-order valence-electron chi connectivity index (χ4n) is 2.83. The molecule has 1 aromatic rings. The van der Waals surface area contributed by atoms with Gasteiger partial charge in [0.1, 0.15) is 5.82 Å². The van der Waals surface area contributed by atoms with Gasteiger partial charge in [0.15, 0.2) is 0 Å². The Bertz CT molecular complexity index is 629. The molecule has 1 saturated carbocycles. The van der Waals surface area contributed by atoms with Crippen LogP contribution in [0, 0.1) is 17.7 Å². The highest BCUT2D eigenvalue weighted by Crippen LogP contribution is 2.32. The predicted molar refractivity (Wildman–Crippen MR) is 78.5 cm³/mol. The maximum Gasteiger partial charge on any atom is 0.307 e. The summed E-state index contributed by atoms with van der Waals surface area (Å²) in [6.45, 7) is 0. The summed E-state index contributed by atoms with van der Waals surface area (Å²) in [5.41, 5.74) is 0.312. The highest BCUT2D eigenvalue weighted by Gasteiger charge is 2.43. The standard InChI is InChI=1S/C15H15ClFNO5/c16-12-2-1-8(17)3-7(12)4-13(19)18-9-5-10(14(20)21)11(6-9)15(22)23/h1-3,9-11H,4-6H2,(H,18,19)(H,20,21)(H,22,23)/t10-,11-/m1/s1. The van der Waals surface area contributed by atoms with Gasteiger partial charge in [-0.05, 0) is 36.6 Å². The molecule has 0 aromatic heterocycles. The first-order valence-electron chi connectivity index (χ1n) is 6.97. The third kappa shape index (κ3) is 4.19. The number of nitrogens with one attached hydrogen (secondary N) is 1. The number of carboxylic acids is 2. The van der Waals surface area contributed by atoms with Crippen LogP contribution in [0.3, 0.4) is 0 Å². The van der Waals surface area contributed by atoms with E-state index in [-0.39, 0.29) is 24.3 Å². The van der Waals surface area contributed by atoms with Crippen molar-refractivity contribution in [1.29, 1.82) is 0 Å². The van der Waals surface area contributed by atoms with E-state index in [4.69, 9.17) is 21.8 Å². The van der Waals surface area contributed by atoms with Crippen molar-refractivity contribution in [3.8, 4) is 0 Å². The van der Waals surface area contributed by atoms with Crippen molar-refractivity contribution in [2.24, 2.45) is 11.8 Å². The van der Waals surface area contributed by atoms with Gasteiger partial charge in [0.05, 0.1) is 18.3 Å². The molecule has 124 valence electrons. The van der Waals surface area contributed by atoms with Crippen molar-refractivity contribution in [2.75, 3.05) is 0 Å². The molecule has 2 atom stereocenters. The number of benzene rings is 1. The summed E-state index contributed by atoms with van der Waals surface area (Å²) < 4.78 is 13.2. The molecule has 1 fully saturated rings. The van der Waals surface area contributed by atoms with E-state index in [0.717, 1.165) is 6.07 Å². The Morgan fingerprint density at radius 3 is 2.26 bits per heavy atom. The first-order chi connectivity index (χ1) is 10.8. The summed E-state index contributed by atoms with van der Waals surface area (Å²) in [6, 6.07) is 3.12. The lowest BCUT2D eigenvalue weighted by molar-refractivity contribution is -0.152.